The van der Waals surface area contributed by atoms with Crippen molar-refractivity contribution in [1.82, 2.24) is 10.2 Å². The van der Waals surface area contributed by atoms with Gasteiger partial charge < -0.3 is 5.32 Å². The maximum Gasteiger partial charge on any atom is 0.223 e. The van der Waals surface area contributed by atoms with Gasteiger partial charge in [-0.05, 0) is 73.9 Å². The minimum atomic E-state index is -0.801. The van der Waals surface area contributed by atoms with Gasteiger partial charge in [0, 0.05) is 24.4 Å². The summed E-state index contributed by atoms with van der Waals surface area (Å²) in [6, 6.07) is 14.8. The maximum atomic E-state index is 13.5. The van der Waals surface area contributed by atoms with E-state index in [9.17, 15) is 13.6 Å². The Hall–Kier alpha value is -2.27. The fourth-order valence-electron chi connectivity index (χ4n) is 6.11. The molecule has 2 aliphatic carbocycles. The highest BCUT2D eigenvalue weighted by Crippen LogP contribution is 2.59. The van der Waals surface area contributed by atoms with Gasteiger partial charge in [-0.25, -0.2) is 8.78 Å². The van der Waals surface area contributed by atoms with Crippen molar-refractivity contribution in [3.63, 3.8) is 0 Å². The van der Waals surface area contributed by atoms with Crippen molar-refractivity contribution in [3.05, 3.63) is 71.3 Å². The van der Waals surface area contributed by atoms with Gasteiger partial charge in [-0.1, -0.05) is 49.2 Å². The molecule has 5 rings (SSSR count). The van der Waals surface area contributed by atoms with E-state index in [-0.39, 0.29) is 22.7 Å². The molecule has 3 aliphatic rings. The van der Waals surface area contributed by atoms with E-state index in [1.807, 2.05) is 0 Å². The molecule has 0 radical (unpaired) electrons. The third-order valence-corrected chi connectivity index (χ3v) is 8.30. The first-order chi connectivity index (χ1) is 15.5. The molecule has 1 atom stereocenters. The standard InChI is InChI=1S/C27H32F2N2O/c28-23-9-8-20(16-24(23)29)18-31-14-12-26(13-15-31)17-22(26)25(32)30-19-27(10-4-5-11-27)21-6-2-1-3-7-21/h1-3,6-9,16,22H,4-5,10-15,17-19H2,(H,30,32)/t22-/m0/s1. The molecule has 2 aromatic rings. The van der Waals surface area contributed by atoms with Crippen LogP contribution in [0.25, 0.3) is 0 Å². The molecule has 0 bridgehead atoms. The van der Waals surface area contributed by atoms with Crippen molar-refractivity contribution in [3.8, 4) is 0 Å². The Kier molecular flexibility index (Phi) is 5.79. The Balaban J connectivity index is 1.14. The third-order valence-electron chi connectivity index (χ3n) is 8.30. The van der Waals surface area contributed by atoms with Gasteiger partial charge in [-0.2, -0.15) is 0 Å². The average Bonchev–Trinajstić information content (AvgIpc) is 3.29. The third kappa shape index (κ3) is 4.19. The molecule has 170 valence electrons. The van der Waals surface area contributed by atoms with E-state index in [4.69, 9.17) is 0 Å². The van der Waals surface area contributed by atoms with Crippen LogP contribution in [0.1, 0.15) is 56.1 Å². The zero-order valence-electron chi connectivity index (χ0n) is 18.6. The molecule has 3 fully saturated rings. The van der Waals surface area contributed by atoms with Crippen LogP contribution >= 0.6 is 0 Å². The summed E-state index contributed by atoms with van der Waals surface area (Å²) in [6.45, 7) is 3.17. The molecular weight excluding hydrogens is 406 g/mol. The lowest BCUT2D eigenvalue weighted by molar-refractivity contribution is -0.123. The minimum absolute atomic E-state index is 0.0900. The maximum absolute atomic E-state index is 13.5. The smallest absolute Gasteiger partial charge is 0.223 e. The Bertz CT molecular complexity index is 963. The van der Waals surface area contributed by atoms with Crippen molar-refractivity contribution in [2.24, 2.45) is 11.3 Å². The Morgan fingerprint density at radius 1 is 0.969 bits per heavy atom. The predicted molar refractivity (Wildman–Crippen MR) is 121 cm³/mol. The van der Waals surface area contributed by atoms with Gasteiger partial charge in [0.2, 0.25) is 5.91 Å². The first-order valence-electron chi connectivity index (χ1n) is 12.0. The molecule has 1 amide bonds. The van der Waals surface area contributed by atoms with Crippen molar-refractivity contribution in [1.29, 1.82) is 0 Å². The first-order valence-corrected chi connectivity index (χ1v) is 12.0. The predicted octanol–water partition coefficient (Wildman–Crippen LogP) is 5.20. The van der Waals surface area contributed by atoms with Crippen molar-refractivity contribution in [2.45, 2.75) is 56.9 Å². The summed E-state index contributed by atoms with van der Waals surface area (Å²) in [5.41, 5.74) is 2.39. The van der Waals surface area contributed by atoms with Crippen molar-refractivity contribution in [2.75, 3.05) is 19.6 Å². The number of carbonyl (C=O) groups excluding carboxylic acids is 1. The van der Waals surface area contributed by atoms with E-state index in [0.29, 0.717) is 6.54 Å². The quantitative estimate of drug-likeness (QED) is 0.673. The zero-order chi connectivity index (χ0) is 22.2. The van der Waals surface area contributed by atoms with Crippen LogP contribution in [0.15, 0.2) is 48.5 Å². The molecule has 0 aromatic heterocycles. The number of nitrogens with zero attached hydrogens (tertiary/aromatic N) is 1. The number of piperidine rings is 1. The summed E-state index contributed by atoms with van der Waals surface area (Å²) in [4.78, 5) is 15.3. The summed E-state index contributed by atoms with van der Waals surface area (Å²) >= 11 is 0. The molecular formula is C27H32F2N2O. The van der Waals surface area contributed by atoms with Crippen molar-refractivity contribution < 1.29 is 13.6 Å². The van der Waals surface area contributed by atoms with Crippen LogP contribution in [0, 0.1) is 23.0 Å². The van der Waals surface area contributed by atoms with Crippen LogP contribution in [-0.4, -0.2) is 30.4 Å². The topological polar surface area (TPSA) is 32.3 Å². The molecule has 1 spiro atoms. The van der Waals surface area contributed by atoms with Crippen molar-refractivity contribution >= 4 is 5.91 Å². The minimum Gasteiger partial charge on any atom is -0.355 e. The van der Waals surface area contributed by atoms with Gasteiger partial charge in [0.15, 0.2) is 11.6 Å². The molecule has 32 heavy (non-hydrogen) atoms. The monoisotopic (exact) mass is 438 g/mol. The number of carbonyl (C=O) groups is 1. The number of benzene rings is 2. The van der Waals surface area contributed by atoms with Gasteiger partial charge in [0.05, 0.1) is 0 Å². The van der Waals surface area contributed by atoms with E-state index in [2.05, 4.69) is 40.5 Å². The Morgan fingerprint density at radius 2 is 1.69 bits per heavy atom. The fraction of sp³-hybridized carbons (Fsp3) is 0.519. The molecule has 2 aromatic carbocycles. The number of hydrogen-bond donors (Lipinski definition) is 1. The first kappa shape index (κ1) is 21.6. The molecule has 5 heteroatoms. The molecule has 0 unspecified atom stereocenters. The van der Waals surface area contributed by atoms with Crippen LogP contribution in [0.4, 0.5) is 8.78 Å². The van der Waals surface area contributed by atoms with Gasteiger partial charge in [-0.15, -0.1) is 0 Å². The summed E-state index contributed by atoms with van der Waals surface area (Å²) in [6.07, 6.45) is 7.73. The van der Waals surface area contributed by atoms with E-state index in [1.165, 1.54) is 30.5 Å². The highest BCUT2D eigenvalue weighted by molar-refractivity contribution is 5.82. The lowest BCUT2D eigenvalue weighted by Gasteiger charge is -2.33. The molecule has 1 N–H and O–H groups in total. The van der Waals surface area contributed by atoms with Gasteiger partial charge >= 0.3 is 0 Å². The van der Waals surface area contributed by atoms with Crippen LogP contribution in [-0.2, 0) is 16.8 Å². The van der Waals surface area contributed by atoms with Crippen LogP contribution < -0.4 is 5.32 Å². The number of amides is 1. The summed E-state index contributed by atoms with van der Waals surface area (Å²) in [7, 11) is 0. The summed E-state index contributed by atoms with van der Waals surface area (Å²) in [5.74, 6) is -1.24. The van der Waals surface area contributed by atoms with Crippen LogP contribution in [0.2, 0.25) is 0 Å². The van der Waals surface area contributed by atoms with Crippen LogP contribution in [0.3, 0.4) is 0 Å². The normalized spacial score (nSPS) is 23.9. The Labute approximate surface area is 189 Å². The molecule has 2 saturated carbocycles. The van der Waals surface area contributed by atoms with E-state index < -0.39 is 11.6 Å². The molecule has 1 heterocycles. The van der Waals surface area contributed by atoms with Gasteiger partial charge in [-0.3, -0.25) is 9.69 Å². The van der Waals surface area contributed by atoms with Gasteiger partial charge in [0.25, 0.3) is 0 Å². The molecule has 3 nitrogen and oxygen atoms in total. The van der Waals surface area contributed by atoms with Gasteiger partial charge in [0.1, 0.15) is 0 Å². The highest BCUT2D eigenvalue weighted by Gasteiger charge is 2.58. The number of rotatable bonds is 6. The summed E-state index contributed by atoms with van der Waals surface area (Å²) in [5, 5.41) is 3.33. The number of halogens is 2. The van der Waals surface area contributed by atoms with E-state index in [0.717, 1.165) is 57.3 Å². The van der Waals surface area contributed by atoms with Crippen LogP contribution in [0.5, 0.6) is 0 Å². The number of nitrogens with one attached hydrogen (secondary N) is 1. The fourth-order valence-corrected chi connectivity index (χ4v) is 6.11. The Morgan fingerprint density at radius 3 is 2.38 bits per heavy atom. The number of hydrogen-bond acceptors (Lipinski definition) is 2. The number of likely N-dealkylation sites (tertiary alicyclic amines) is 1. The van der Waals surface area contributed by atoms with E-state index >= 15 is 0 Å². The van der Waals surface area contributed by atoms with E-state index in [1.54, 1.807) is 6.07 Å². The second kappa shape index (κ2) is 8.58. The highest BCUT2D eigenvalue weighted by atomic mass is 19.2. The zero-order valence-corrected chi connectivity index (χ0v) is 18.6. The largest absolute Gasteiger partial charge is 0.355 e. The second-order valence-electron chi connectivity index (χ2n) is 10.2. The SMILES string of the molecule is O=C(NCC1(c2ccccc2)CCCC1)[C@@H]1CC12CCN(Cc1ccc(F)c(F)c1)CC2. The summed E-state index contributed by atoms with van der Waals surface area (Å²) < 4.78 is 26.6. The lowest BCUT2D eigenvalue weighted by atomic mass is 9.78. The lowest BCUT2D eigenvalue weighted by Crippen LogP contribution is -2.41. The molecule has 1 aliphatic heterocycles. The second-order valence-corrected chi connectivity index (χ2v) is 10.2. The molecule has 1 saturated heterocycles. The average molecular weight is 439 g/mol.